The molecule has 1 aliphatic carbocycles. The highest BCUT2D eigenvalue weighted by atomic mass is 35.5. The molecule has 7 heteroatoms. The van der Waals surface area contributed by atoms with E-state index in [2.05, 4.69) is 20.8 Å². The molecular formula is C17H25ClN4O2. The van der Waals surface area contributed by atoms with Gasteiger partial charge >= 0.3 is 0 Å². The lowest BCUT2D eigenvalue weighted by atomic mass is 10.1. The average molecular weight is 353 g/mol. The van der Waals surface area contributed by atoms with Crippen LogP contribution < -0.4 is 10.6 Å². The van der Waals surface area contributed by atoms with Crippen molar-refractivity contribution >= 4 is 18.3 Å². The quantitative estimate of drug-likeness (QED) is 0.551. The van der Waals surface area contributed by atoms with Crippen molar-refractivity contribution in [3.05, 3.63) is 30.2 Å². The van der Waals surface area contributed by atoms with E-state index < -0.39 is 0 Å². The van der Waals surface area contributed by atoms with E-state index in [0.717, 1.165) is 6.54 Å². The monoisotopic (exact) mass is 352 g/mol. The predicted octanol–water partition coefficient (Wildman–Crippen LogP) is 3.13. The third-order valence-electron chi connectivity index (χ3n) is 4.30. The summed E-state index contributed by atoms with van der Waals surface area (Å²) in [6.45, 7) is 1.41. The van der Waals surface area contributed by atoms with Gasteiger partial charge in [-0.15, -0.1) is 12.4 Å². The first-order valence-corrected chi connectivity index (χ1v) is 8.44. The van der Waals surface area contributed by atoms with Gasteiger partial charge in [0.2, 0.25) is 0 Å². The molecule has 2 aromatic heterocycles. The SMILES string of the molecule is Cl.O=C(NCCNC1CCCCCC1)c1cc(-c2ccco2)[nH]n1. The van der Waals surface area contributed by atoms with Crippen molar-refractivity contribution in [3.63, 3.8) is 0 Å². The van der Waals surface area contributed by atoms with Gasteiger partial charge in [0.25, 0.3) is 5.91 Å². The van der Waals surface area contributed by atoms with Gasteiger partial charge in [-0.1, -0.05) is 25.7 Å². The molecule has 1 saturated carbocycles. The largest absolute Gasteiger partial charge is 0.463 e. The van der Waals surface area contributed by atoms with Gasteiger partial charge in [0.15, 0.2) is 11.5 Å². The number of aromatic amines is 1. The van der Waals surface area contributed by atoms with Crippen molar-refractivity contribution in [2.24, 2.45) is 0 Å². The minimum Gasteiger partial charge on any atom is -0.463 e. The van der Waals surface area contributed by atoms with Crippen molar-refractivity contribution in [1.82, 2.24) is 20.8 Å². The number of hydrogen-bond donors (Lipinski definition) is 3. The molecule has 1 aliphatic rings. The Kier molecular flexibility index (Phi) is 7.34. The molecule has 2 heterocycles. The smallest absolute Gasteiger partial charge is 0.271 e. The van der Waals surface area contributed by atoms with Crippen LogP contribution in [0.25, 0.3) is 11.5 Å². The number of amides is 1. The van der Waals surface area contributed by atoms with E-state index in [1.165, 1.54) is 38.5 Å². The van der Waals surface area contributed by atoms with Crippen molar-refractivity contribution in [2.45, 2.75) is 44.6 Å². The van der Waals surface area contributed by atoms with Crippen LogP contribution in [0.4, 0.5) is 0 Å². The molecule has 3 rings (SSSR count). The molecule has 0 aromatic carbocycles. The number of hydrogen-bond acceptors (Lipinski definition) is 4. The number of carbonyl (C=O) groups is 1. The highest BCUT2D eigenvalue weighted by molar-refractivity contribution is 5.93. The maximum absolute atomic E-state index is 12.1. The second-order valence-electron chi connectivity index (χ2n) is 6.04. The first-order chi connectivity index (χ1) is 11.3. The highest BCUT2D eigenvalue weighted by Crippen LogP contribution is 2.18. The van der Waals surface area contributed by atoms with Crippen molar-refractivity contribution < 1.29 is 9.21 Å². The fourth-order valence-corrected chi connectivity index (χ4v) is 3.02. The zero-order valence-corrected chi connectivity index (χ0v) is 14.5. The van der Waals surface area contributed by atoms with Crippen LogP contribution in [0, 0.1) is 0 Å². The summed E-state index contributed by atoms with van der Waals surface area (Å²) in [6.07, 6.45) is 9.42. The standard InChI is InChI=1S/C17H24N4O2.ClH/c22-17(15-12-14(20-21-15)16-8-5-11-23-16)19-10-9-18-13-6-3-1-2-4-7-13;/h5,8,11-13,18H,1-4,6-7,9-10H2,(H,19,22)(H,20,21);1H. The van der Waals surface area contributed by atoms with Gasteiger partial charge in [-0.3, -0.25) is 9.89 Å². The number of nitrogens with zero attached hydrogens (tertiary/aromatic N) is 1. The van der Waals surface area contributed by atoms with Crippen molar-refractivity contribution in [2.75, 3.05) is 13.1 Å². The molecule has 0 atom stereocenters. The molecule has 24 heavy (non-hydrogen) atoms. The summed E-state index contributed by atoms with van der Waals surface area (Å²) in [5.74, 6) is 0.508. The van der Waals surface area contributed by atoms with Crippen LogP contribution >= 0.6 is 12.4 Å². The minimum absolute atomic E-state index is 0. The van der Waals surface area contributed by atoms with Crippen LogP contribution in [0.2, 0.25) is 0 Å². The number of aromatic nitrogens is 2. The molecule has 6 nitrogen and oxygen atoms in total. The third kappa shape index (κ3) is 5.11. The van der Waals surface area contributed by atoms with E-state index in [1.807, 2.05) is 6.07 Å². The lowest BCUT2D eigenvalue weighted by molar-refractivity contribution is 0.0948. The van der Waals surface area contributed by atoms with Crippen LogP contribution in [0.5, 0.6) is 0 Å². The highest BCUT2D eigenvalue weighted by Gasteiger charge is 2.13. The summed E-state index contributed by atoms with van der Waals surface area (Å²) in [7, 11) is 0. The van der Waals surface area contributed by atoms with Crippen molar-refractivity contribution in [3.8, 4) is 11.5 Å². The van der Waals surface area contributed by atoms with E-state index in [4.69, 9.17) is 4.42 Å². The summed E-state index contributed by atoms with van der Waals surface area (Å²) < 4.78 is 5.28. The minimum atomic E-state index is -0.165. The molecule has 3 N–H and O–H groups in total. The fraction of sp³-hybridized carbons (Fsp3) is 0.529. The van der Waals surface area contributed by atoms with Gasteiger partial charge in [0.05, 0.1) is 6.26 Å². The van der Waals surface area contributed by atoms with Crippen LogP contribution in [0.1, 0.15) is 49.0 Å². The first kappa shape index (κ1) is 18.5. The summed E-state index contributed by atoms with van der Waals surface area (Å²) in [4.78, 5) is 12.1. The van der Waals surface area contributed by atoms with Gasteiger partial charge in [-0.05, 0) is 25.0 Å². The van der Waals surface area contributed by atoms with Crippen LogP contribution in [0.3, 0.4) is 0 Å². The molecule has 0 unspecified atom stereocenters. The van der Waals surface area contributed by atoms with E-state index in [0.29, 0.717) is 29.7 Å². The van der Waals surface area contributed by atoms with Crippen LogP contribution in [-0.4, -0.2) is 35.2 Å². The topological polar surface area (TPSA) is 83.0 Å². The maximum Gasteiger partial charge on any atom is 0.271 e. The third-order valence-corrected chi connectivity index (χ3v) is 4.30. The normalized spacial score (nSPS) is 15.5. The van der Waals surface area contributed by atoms with Gasteiger partial charge in [-0.2, -0.15) is 5.10 Å². The number of nitrogens with one attached hydrogen (secondary N) is 3. The van der Waals surface area contributed by atoms with Crippen LogP contribution in [-0.2, 0) is 0 Å². The first-order valence-electron chi connectivity index (χ1n) is 8.44. The number of rotatable bonds is 6. The Balaban J connectivity index is 0.00000208. The summed E-state index contributed by atoms with van der Waals surface area (Å²) >= 11 is 0. The molecule has 0 bridgehead atoms. The Morgan fingerprint density at radius 3 is 2.75 bits per heavy atom. The van der Waals surface area contributed by atoms with E-state index in [-0.39, 0.29) is 18.3 Å². The molecule has 0 saturated heterocycles. The second kappa shape index (κ2) is 9.49. The lowest BCUT2D eigenvalue weighted by Crippen LogP contribution is -2.37. The van der Waals surface area contributed by atoms with Crippen LogP contribution in [0.15, 0.2) is 28.9 Å². The molecule has 2 aromatic rings. The van der Waals surface area contributed by atoms with Gasteiger partial charge in [0.1, 0.15) is 5.69 Å². The summed E-state index contributed by atoms with van der Waals surface area (Å²) in [5, 5.41) is 13.3. The van der Waals surface area contributed by atoms with Gasteiger partial charge in [-0.25, -0.2) is 0 Å². The molecule has 0 radical (unpaired) electrons. The van der Waals surface area contributed by atoms with E-state index >= 15 is 0 Å². The molecule has 0 aliphatic heterocycles. The Bertz CT molecular complexity index is 604. The number of halogens is 1. The number of furan rings is 1. The zero-order valence-electron chi connectivity index (χ0n) is 13.7. The van der Waals surface area contributed by atoms with E-state index in [9.17, 15) is 4.79 Å². The van der Waals surface area contributed by atoms with E-state index in [1.54, 1.807) is 18.4 Å². The Morgan fingerprint density at radius 1 is 1.25 bits per heavy atom. The Morgan fingerprint density at radius 2 is 2.04 bits per heavy atom. The molecule has 0 spiro atoms. The van der Waals surface area contributed by atoms with Gasteiger partial charge < -0.3 is 15.1 Å². The van der Waals surface area contributed by atoms with Gasteiger partial charge in [0, 0.05) is 25.2 Å². The Hall–Kier alpha value is -1.79. The second-order valence-corrected chi connectivity index (χ2v) is 6.04. The zero-order chi connectivity index (χ0) is 15.9. The summed E-state index contributed by atoms with van der Waals surface area (Å²) in [5.41, 5.74) is 1.09. The molecule has 1 amide bonds. The van der Waals surface area contributed by atoms with Crippen molar-refractivity contribution in [1.29, 1.82) is 0 Å². The molecule has 1 fully saturated rings. The average Bonchev–Trinajstić information content (AvgIpc) is 3.19. The molecule has 132 valence electrons. The number of carbonyl (C=O) groups excluding carboxylic acids is 1. The lowest BCUT2D eigenvalue weighted by Gasteiger charge is -2.16. The predicted molar refractivity (Wildman–Crippen MR) is 95.4 cm³/mol. The summed E-state index contributed by atoms with van der Waals surface area (Å²) in [6, 6.07) is 5.93. The fourth-order valence-electron chi connectivity index (χ4n) is 3.02. The molecular weight excluding hydrogens is 328 g/mol. The Labute approximate surface area is 148 Å². The number of H-pyrrole nitrogens is 1. The maximum atomic E-state index is 12.1.